The average molecular weight is 1830 g/mol. The molecule has 3 rings (SSSR count). The van der Waals surface area contributed by atoms with Crippen LogP contribution >= 0.6 is 0 Å². The number of nitrogens with one attached hydrogen (secondary N) is 10. The van der Waals surface area contributed by atoms with E-state index in [4.69, 9.17) is 71.4 Å². The van der Waals surface area contributed by atoms with Crippen molar-refractivity contribution in [1.82, 2.24) is 58.1 Å². The summed E-state index contributed by atoms with van der Waals surface area (Å²) in [7, 11) is 0. The number of esters is 8. The normalized spacial score (nSPS) is 21.9. The topological polar surface area (TPSA) is 597 Å². The van der Waals surface area contributed by atoms with E-state index in [2.05, 4.69) is 53.2 Å². The van der Waals surface area contributed by atoms with E-state index >= 15 is 0 Å². The summed E-state index contributed by atoms with van der Waals surface area (Å²) >= 11 is 0. The molecule has 10 amide bonds. The van der Waals surface area contributed by atoms with E-state index in [1.807, 2.05) is 0 Å². The average Bonchev–Trinajstić information content (AvgIpc) is 0.792. The summed E-state index contributed by atoms with van der Waals surface area (Å²) in [4.78, 5) is 240. The van der Waals surface area contributed by atoms with Gasteiger partial charge in [-0.2, -0.15) is 0 Å². The third-order valence-electron chi connectivity index (χ3n) is 19.7. The second kappa shape index (κ2) is 62.8. The van der Waals surface area contributed by atoms with Crippen molar-refractivity contribution in [2.24, 2.45) is 5.92 Å². The van der Waals surface area contributed by atoms with Crippen LogP contribution in [0.5, 0.6) is 0 Å². The van der Waals surface area contributed by atoms with Gasteiger partial charge in [-0.15, -0.1) is 0 Å². The highest BCUT2D eigenvalue weighted by atomic mass is 16.7. The second-order valence-electron chi connectivity index (χ2n) is 31.1. The Kier molecular flexibility index (Phi) is 54.8. The summed E-state index contributed by atoms with van der Waals surface area (Å²) in [6, 6.07) is -4.21. The Bertz CT molecular complexity index is 3590. The fourth-order valence-corrected chi connectivity index (χ4v) is 14.0. The Balaban J connectivity index is 1.69. The molecule has 0 aromatic carbocycles. The molecule has 15 unspecified atom stereocenters. The standard InChI is InChI=1S/C83H135N11O34/c1-49-72(91-50(2)95)81(126-62(46-118-53(5)98)75(49)121-56(8)101)115-41-21-13-16-29-65(106)85-35-25-38-88-69(110)44-94(45-70(111)89-39-26-36-86-66(107)30-17-14-22-42-116-82-73(92-51(3)96)78(124-59(11)104)76(122-57(9)102)63(127-82)47-119-54(6)99)61(28-19-20-34-84-68(109)32-24-33-71(112)113)80(114)90-40-27-37-87-67(108)31-18-15-23-43-117-83-74(93-52(4)97)79(125-60(12)105)77(123-58(10)103)64(128-83)48-120-55(7)100/h49,61-64,72-79,81-83H,13-48H2,1-12H3,(H,84,109)(H,85,106)(H,86,107)(H,87,108)(H,88,110)(H,89,111)(H,90,114)(H,91,95)(H,92,96)(H,93,97)(H,112,113)/t49?,61?,62?,63?,64?,72?,73?,74?,75?,76?,77?,78?,79-,81?,82?,83?/m0/s1. The summed E-state index contributed by atoms with van der Waals surface area (Å²) < 4.78 is 79.1. The predicted molar refractivity (Wildman–Crippen MR) is 445 cm³/mol. The number of amides is 10. The number of rotatable bonds is 62. The highest BCUT2D eigenvalue weighted by Gasteiger charge is 2.54. The number of aliphatic carboxylic acids is 1. The van der Waals surface area contributed by atoms with Crippen molar-refractivity contribution in [3.8, 4) is 0 Å². The molecule has 3 aliphatic rings. The van der Waals surface area contributed by atoms with Crippen LogP contribution in [0.15, 0.2) is 0 Å². The van der Waals surface area contributed by atoms with Crippen molar-refractivity contribution >= 4 is 113 Å². The van der Waals surface area contributed by atoms with E-state index in [1.165, 1.54) is 39.5 Å². The Morgan fingerprint density at radius 1 is 0.312 bits per heavy atom. The Labute approximate surface area is 744 Å². The van der Waals surface area contributed by atoms with Gasteiger partial charge in [-0.05, 0) is 83.5 Å². The molecule has 0 radical (unpaired) electrons. The molecule has 128 heavy (non-hydrogen) atoms. The van der Waals surface area contributed by atoms with Gasteiger partial charge < -0.3 is 125 Å². The third-order valence-corrected chi connectivity index (χ3v) is 19.7. The highest BCUT2D eigenvalue weighted by Crippen LogP contribution is 2.33. The van der Waals surface area contributed by atoms with Gasteiger partial charge in [0.2, 0.25) is 59.1 Å². The molecule has 726 valence electrons. The lowest BCUT2D eigenvalue weighted by Crippen LogP contribution is -2.66. The maximum Gasteiger partial charge on any atom is 0.303 e. The van der Waals surface area contributed by atoms with Gasteiger partial charge in [-0.3, -0.25) is 96.0 Å². The first-order valence-corrected chi connectivity index (χ1v) is 43.5. The van der Waals surface area contributed by atoms with Crippen LogP contribution in [0, 0.1) is 5.92 Å². The number of carbonyl (C=O) groups is 19. The zero-order chi connectivity index (χ0) is 95.2. The number of ether oxygens (including phenoxy) is 14. The largest absolute Gasteiger partial charge is 0.481 e. The first kappa shape index (κ1) is 112. The van der Waals surface area contributed by atoms with E-state index in [9.17, 15) is 91.1 Å². The molecule has 0 saturated carbocycles. The smallest absolute Gasteiger partial charge is 0.303 e. The first-order chi connectivity index (χ1) is 60.7. The Morgan fingerprint density at radius 3 is 0.945 bits per heavy atom. The Hall–Kier alpha value is -10.3. The minimum atomic E-state index is -1.31. The van der Waals surface area contributed by atoms with Crippen LogP contribution in [0.25, 0.3) is 0 Å². The number of nitrogens with zero attached hydrogens (tertiary/aromatic N) is 1. The zero-order valence-corrected chi connectivity index (χ0v) is 75.6. The van der Waals surface area contributed by atoms with Gasteiger partial charge in [0.15, 0.2) is 43.3 Å². The number of carboxylic acids is 1. The predicted octanol–water partition coefficient (Wildman–Crippen LogP) is -0.530. The molecule has 0 bridgehead atoms. The molecular weight excluding hydrogens is 1690 g/mol. The Morgan fingerprint density at radius 2 is 0.609 bits per heavy atom. The molecule has 0 spiro atoms. The van der Waals surface area contributed by atoms with Crippen LogP contribution in [0.4, 0.5) is 0 Å². The maximum atomic E-state index is 14.5. The lowest BCUT2D eigenvalue weighted by atomic mass is 9.88. The van der Waals surface area contributed by atoms with E-state index < -0.39 is 207 Å². The van der Waals surface area contributed by atoms with Gasteiger partial charge in [0, 0.05) is 180 Å². The van der Waals surface area contributed by atoms with Crippen LogP contribution in [-0.2, 0) is 157 Å². The lowest BCUT2D eigenvalue weighted by molar-refractivity contribution is -0.277. The van der Waals surface area contributed by atoms with Gasteiger partial charge >= 0.3 is 53.7 Å². The fraction of sp³-hybridized carbons (Fsp3) is 0.771. The SMILES string of the molecule is CC(=O)NC1C(OCCCCCC(=O)NCCCNC(=O)CN(CC(=O)NCCCNC(=O)CCCCCOC2OC(COC(C)=O)C(OC(C)=O)C(OC(C)=O)C2NC(C)=O)C(CCCCNC(=O)CCCC(=O)O)C(=O)NCCCNC(=O)CCCCCOC2OC(COC(C)=O)C(OC(C)=O)[C@@H](OC(C)=O)C2NC(C)=O)OC(COC(C)=O)C(OC(C)=O)C1C. The van der Waals surface area contributed by atoms with E-state index in [1.54, 1.807) is 6.92 Å². The number of carbonyl (C=O) groups excluding carboxylic acids is 18. The van der Waals surface area contributed by atoms with Gasteiger partial charge in [-0.1, -0.05) is 26.2 Å². The quantitative estimate of drug-likeness (QED) is 0.0207. The molecule has 0 aromatic heterocycles. The summed E-state index contributed by atoms with van der Waals surface area (Å²) in [6.45, 7) is 13.6. The molecule has 45 nitrogen and oxygen atoms in total. The molecule has 3 fully saturated rings. The lowest BCUT2D eigenvalue weighted by Gasteiger charge is -2.44. The molecule has 16 atom stereocenters. The fourth-order valence-electron chi connectivity index (χ4n) is 14.0. The van der Waals surface area contributed by atoms with E-state index in [0.29, 0.717) is 64.2 Å². The van der Waals surface area contributed by atoms with E-state index in [-0.39, 0.29) is 172 Å². The summed E-state index contributed by atoms with van der Waals surface area (Å²) in [5, 5.41) is 36.8. The number of carboxylic acid groups (broad SMARTS) is 1. The molecule has 3 aliphatic heterocycles. The van der Waals surface area contributed by atoms with Crippen LogP contribution in [0.2, 0.25) is 0 Å². The summed E-state index contributed by atoms with van der Waals surface area (Å²) in [5.74, 6) is -11.7. The second-order valence-corrected chi connectivity index (χ2v) is 31.1. The van der Waals surface area contributed by atoms with Gasteiger partial charge in [0.05, 0.1) is 25.2 Å². The number of hydrogen-bond acceptors (Lipinski definition) is 34. The molecule has 45 heteroatoms. The van der Waals surface area contributed by atoms with Gasteiger partial charge in [0.1, 0.15) is 56.3 Å². The minimum Gasteiger partial charge on any atom is -0.481 e. The highest BCUT2D eigenvalue weighted by molar-refractivity contribution is 5.86. The first-order valence-electron chi connectivity index (χ1n) is 43.5. The van der Waals surface area contributed by atoms with Crippen LogP contribution < -0.4 is 53.2 Å². The van der Waals surface area contributed by atoms with Crippen molar-refractivity contribution in [2.45, 2.75) is 310 Å². The molecule has 0 aliphatic carbocycles. The summed E-state index contributed by atoms with van der Waals surface area (Å²) in [5.41, 5.74) is 0. The number of hydrogen-bond donors (Lipinski definition) is 11. The van der Waals surface area contributed by atoms with Crippen molar-refractivity contribution in [2.75, 3.05) is 98.5 Å². The minimum absolute atomic E-state index is 0.0225. The molecule has 3 heterocycles. The summed E-state index contributed by atoms with van der Waals surface area (Å²) in [6.07, 6.45) is -7.22. The molecule has 0 aromatic rings. The zero-order valence-electron chi connectivity index (χ0n) is 75.6. The van der Waals surface area contributed by atoms with Crippen molar-refractivity contribution in [1.29, 1.82) is 0 Å². The van der Waals surface area contributed by atoms with Crippen molar-refractivity contribution < 1.29 is 163 Å². The molecule has 11 N–H and O–H groups in total. The van der Waals surface area contributed by atoms with Crippen molar-refractivity contribution in [3.05, 3.63) is 0 Å². The maximum absolute atomic E-state index is 14.5. The number of unbranched alkanes of at least 4 members (excludes halogenated alkanes) is 7. The van der Waals surface area contributed by atoms with Gasteiger partial charge in [-0.25, -0.2) is 0 Å². The monoisotopic (exact) mass is 1830 g/mol. The molecular formula is C83H135N11O34. The van der Waals surface area contributed by atoms with E-state index in [0.717, 1.165) is 41.5 Å². The van der Waals surface area contributed by atoms with Crippen LogP contribution in [-0.4, -0.2) is 313 Å². The van der Waals surface area contributed by atoms with Crippen molar-refractivity contribution in [3.63, 3.8) is 0 Å². The third kappa shape index (κ3) is 48.2. The molecule has 3 saturated heterocycles. The van der Waals surface area contributed by atoms with Crippen LogP contribution in [0.3, 0.4) is 0 Å². The van der Waals surface area contributed by atoms with Crippen LogP contribution in [0.1, 0.15) is 218 Å². The van der Waals surface area contributed by atoms with Gasteiger partial charge in [0.25, 0.3) is 0 Å².